The topological polar surface area (TPSA) is 63.9 Å². The number of aromatic nitrogens is 1. The molecule has 26 heavy (non-hydrogen) atoms. The second-order valence-electron chi connectivity index (χ2n) is 4.90. The summed E-state index contributed by atoms with van der Waals surface area (Å²) in [6.45, 7) is 0. The Morgan fingerprint density at radius 3 is 2.69 bits per heavy atom. The third kappa shape index (κ3) is 5.66. The highest BCUT2D eigenvalue weighted by molar-refractivity contribution is 6.17. The predicted molar refractivity (Wildman–Crippen MR) is 93.0 cm³/mol. The van der Waals surface area contributed by atoms with E-state index in [0.29, 0.717) is 11.3 Å². The molecule has 134 valence electrons. The molecular weight excluding hydrogens is 347 g/mol. The van der Waals surface area contributed by atoms with Crippen molar-refractivity contribution in [1.82, 2.24) is 4.98 Å². The highest BCUT2D eigenvalue weighted by Gasteiger charge is 2.30. The summed E-state index contributed by atoms with van der Waals surface area (Å²) < 4.78 is 42.5. The van der Waals surface area contributed by atoms with Crippen LogP contribution in [-0.2, 0) is 15.7 Å². The van der Waals surface area contributed by atoms with Crippen LogP contribution < -0.4 is 0 Å². The van der Waals surface area contributed by atoms with Gasteiger partial charge in [0, 0.05) is 36.5 Å². The van der Waals surface area contributed by atoms with Crippen molar-refractivity contribution in [3.8, 4) is 0 Å². The van der Waals surface area contributed by atoms with Crippen molar-refractivity contribution < 1.29 is 22.7 Å². The van der Waals surface area contributed by atoms with Crippen molar-refractivity contribution in [2.24, 2.45) is 9.98 Å². The Balaban J connectivity index is 2.13. The number of nitrogens with zero attached hydrogens (tertiary/aromatic N) is 3. The minimum Gasteiger partial charge on any atom is -0.466 e. The number of rotatable bonds is 5. The number of carbonyl (C=O) groups is 1. The molecule has 0 spiro atoms. The maximum absolute atomic E-state index is 12.7. The molecule has 0 N–H and O–H groups in total. The normalized spacial score (nSPS) is 12.3. The largest absolute Gasteiger partial charge is 0.466 e. The number of ether oxygens (including phenoxy) is 1. The standard InChI is InChI=1S/C18H14F3N3O2/c1-26-17(25)6-5-13-12-22-8-7-16(13)24-10-9-23-15-4-2-3-14(11-15)18(19,20)21/h2-12H,1H3. The summed E-state index contributed by atoms with van der Waals surface area (Å²) in [4.78, 5) is 23.2. The first kappa shape index (κ1) is 19.0. The molecule has 0 unspecified atom stereocenters. The summed E-state index contributed by atoms with van der Waals surface area (Å²) in [7, 11) is 1.26. The van der Waals surface area contributed by atoms with Gasteiger partial charge in [0.25, 0.3) is 0 Å². The van der Waals surface area contributed by atoms with Gasteiger partial charge in [0.05, 0.1) is 24.0 Å². The lowest BCUT2D eigenvalue weighted by Crippen LogP contribution is -2.03. The second kappa shape index (κ2) is 8.70. The van der Waals surface area contributed by atoms with Crippen LogP contribution in [0.15, 0.2) is 58.8 Å². The molecule has 5 nitrogen and oxygen atoms in total. The van der Waals surface area contributed by atoms with E-state index in [1.54, 1.807) is 6.07 Å². The minimum absolute atomic E-state index is 0.159. The maximum atomic E-state index is 12.7. The number of halogens is 3. The maximum Gasteiger partial charge on any atom is 0.416 e. The van der Waals surface area contributed by atoms with Crippen LogP contribution in [0.5, 0.6) is 0 Å². The molecule has 1 heterocycles. The highest BCUT2D eigenvalue weighted by atomic mass is 19.4. The number of aliphatic imine (C=N–C) groups is 2. The Bertz CT molecular complexity index is 859. The molecule has 0 aliphatic heterocycles. The molecule has 8 heteroatoms. The fourth-order valence-corrected chi connectivity index (χ4v) is 1.87. The molecule has 0 saturated heterocycles. The first-order valence-corrected chi connectivity index (χ1v) is 7.34. The van der Waals surface area contributed by atoms with Gasteiger partial charge in [-0.1, -0.05) is 6.07 Å². The zero-order valence-electron chi connectivity index (χ0n) is 13.6. The van der Waals surface area contributed by atoms with Crippen LogP contribution in [0.1, 0.15) is 11.1 Å². The highest BCUT2D eigenvalue weighted by Crippen LogP contribution is 2.31. The van der Waals surface area contributed by atoms with Crippen LogP contribution in [0.25, 0.3) is 6.08 Å². The van der Waals surface area contributed by atoms with E-state index in [1.165, 1.54) is 56.2 Å². The van der Waals surface area contributed by atoms with Gasteiger partial charge < -0.3 is 4.74 Å². The van der Waals surface area contributed by atoms with Crippen LogP contribution in [0.4, 0.5) is 24.5 Å². The van der Waals surface area contributed by atoms with Gasteiger partial charge in [-0.2, -0.15) is 13.2 Å². The van der Waals surface area contributed by atoms with Crippen molar-refractivity contribution in [2.45, 2.75) is 6.18 Å². The molecule has 0 bridgehead atoms. The lowest BCUT2D eigenvalue weighted by molar-refractivity contribution is -0.137. The van der Waals surface area contributed by atoms with Crippen LogP contribution in [-0.4, -0.2) is 30.5 Å². The van der Waals surface area contributed by atoms with Gasteiger partial charge in [-0.05, 0) is 30.3 Å². The third-order valence-electron chi connectivity index (χ3n) is 3.11. The Morgan fingerprint density at radius 1 is 1.19 bits per heavy atom. The summed E-state index contributed by atoms with van der Waals surface area (Å²) >= 11 is 0. The monoisotopic (exact) mass is 361 g/mol. The van der Waals surface area contributed by atoms with Crippen LogP contribution in [0.2, 0.25) is 0 Å². The van der Waals surface area contributed by atoms with Gasteiger partial charge in [0.15, 0.2) is 0 Å². The Morgan fingerprint density at radius 2 is 1.96 bits per heavy atom. The molecule has 0 fully saturated rings. The molecule has 0 saturated carbocycles. The smallest absolute Gasteiger partial charge is 0.416 e. The molecule has 1 aromatic heterocycles. The molecule has 0 radical (unpaired) electrons. The number of benzene rings is 1. The lowest BCUT2D eigenvalue weighted by atomic mass is 10.2. The molecule has 2 aromatic rings. The van der Waals surface area contributed by atoms with E-state index in [-0.39, 0.29) is 5.69 Å². The van der Waals surface area contributed by atoms with Crippen LogP contribution >= 0.6 is 0 Å². The Kier molecular flexibility index (Phi) is 6.37. The average Bonchev–Trinajstić information content (AvgIpc) is 2.63. The van der Waals surface area contributed by atoms with Gasteiger partial charge >= 0.3 is 12.1 Å². The van der Waals surface area contributed by atoms with Crippen molar-refractivity contribution >= 4 is 35.8 Å². The van der Waals surface area contributed by atoms with Crippen LogP contribution in [0, 0.1) is 0 Å². The van der Waals surface area contributed by atoms with E-state index in [1.807, 2.05) is 0 Å². The number of hydrogen-bond donors (Lipinski definition) is 0. The summed E-state index contributed by atoms with van der Waals surface area (Å²) in [6, 6.07) is 6.28. The van der Waals surface area contributed by atoms with Gasteiger partial charge in [-0.15, -0.1) is 0 Å². The first-order valence-electron chi connectivity index (χ1n) is 7.34. The molecule has 0 atom stereocenters. The SMILES string of the molecule is COC(=O)C=Cc1cnccc1N=CC=Nc1cccc(C(F)(F)F)c1. The molecule has 0 aliphatic rings. The molecule has 0 aliphatic carbocycles. The molecule has 1 aromatic carbocycles. The van der Waals surface area contributed by atoms with Crippen molar-refractivity contribution in [3.05, 3.63) is 59.9 Å². The zero-order chi connectivity index (χ0) is 19.0. The van der Waals surface area contributed by atoms with E-state index in [9.17, 15) is 18.0 Å². The van der Waals surface area contributed by atoms with Crippen molar-refractivity contribution in [3.63, 3.8) is 0 Å². The molecular formula is C18H14F3N3O2. The van der Waals surface area contributed by atoms with Gasteiger partial charge in [-0.3, -0.25) is 15.0 Å². The van der Waals surface area contributed by atoms with E-state index in [0.717, 1.165) is 12.1 Å². The Labute approximate surface area is 147 Å². The molecule has 0 amide bonds. The van der Waals surface area contributed by atoms with Gasteiger partial charge in [-0.25, -0.2) is 4.79 Å². The number of esters is 1. The van der Waals surface area contributed by atoms with E-state index < -0.39 is 17.7 Å². The Hall–Kier alpha value is -3.29. The third-order valence-corrected chi connectivity index (χ3v) is 3.11. The van der Waals surface area contributed by atoms with E-state index >= 15 is 0 Å². The number of pyridine rings is 1. The molecule has 2 rings (SSSR count). The van der Waals surface area contributed by atoms with E-state index in [4.69, 9.17) is 0 Å². The van der Waals surface area contributed by atoms with Crippen molar-refractivity contribution in [2.75, 3.05) is 7.11 Å². The summed E-state index contributed by atoms with van der Waals surface area (Å²) in [5.74, 6) is -0.519. The quantitative estimate of drug-likeness (QED) is 0.451. The first-order chi connectivity index (χ1) is 12.4. The number of methoxy groups -OCH3 is 1. The number of alkyl halides is 3. The number of carbonyl (C=O) groups excluding carboxylic acids is 1. The predicted octanol–water partition coefficient (Wildman–Crippen LogP) is 4.39. The van der Waals surface area contributed by atoms with Gasteiger partial charge in [0.2, 0.25) is 0 Å². The summed E-state index contributed by atoms with van der Waals surface area (Å²) in [5.41, 5.74) is 0.470. The minimum atomic E-state index is -4.42. The summed E-state index contributed by atoms with van der Waals surface area (Å²) in [6.07, 6.45) is 3.96. The van der Waals surface area contributed by atoms with Gasteiger partial charge in [0.1, 0.15) is 0 Å². The van der Waals surface area contributed by atoms with E-state index in [2.05, 4.69) is 19.7 Å². The average molecular weight is 361 g/mol. The fourth-order valence-electron chi connectivity index (χ4n) is 1.87. The fraction of sp³-hybridized carbons (Fsp3) is 0.111. The lowest BCUT2D eigenvalue weighted by Gasteiger charge is -2.06. The number of hydrogen-bond acceptors (Lipinski definition) is 5. The zero-order valence-corrected chi connectivity index (χ0v) is 13.6. The summed E-state index contributed by atoms with van der Waals surface area (Å²) in [5, 5.41) is 0. The van der Waals surface area contributed by atoms with Crippen molar-refractivity contribution in [1.29, 1.82) is 0 Å². The van der Waals surface area contributed by atoms with Crippen LogP contribution in [0.3, 0.4) is 0 Å². The second-order valence-corrected chi connectivity index (χ2v) is 4.90.